The Morgan fingerprint density at radius 2 is 2.11 bits per heavy atom. The highest BCUT2D eigenvalue weighted by Gasteiger charge is 2.23. The van der Waals surface area contributed by atoms with Crippen molar-refractivity contribution < 1.29 is 8.42 Å². The van der Waals surface area contributed by atoms with Crippen molar-refractivity contribution in [2.45, 2.75) is 32.1 Å². The van der Waals surface area contributed by atoms with Gasteiger partial charge in [0.1, 0.15) is 5.75 Å². The number of hydrogen-bond donors (Lipinski definition) is 1. The first-order chi connectivity index (χ1) is 9.03. The zero-order valence-electron chi connectivity index (χ0n) is 11.8. The molecule has 6 heteroatoms. The van der Waals surface area contributed by atoms with E-state index >= 15 is 0 Å². The van der Waals surface area contributed by atoms with E-state index in [2.05, 4.69) is 10.3 Å². The highest BCUT2D eigenvalue weighted by molar-refractivity contribution is 7.88. The molecule has 0 saturated heterocycles. The van der Waals surface area contributed by atoms with Gasteiger partial charge in [-0.05, 0) is 25.6 Å². The fourth-order valence-electron chi connectivity index (χ4n) is 1.87. The maximum Gasteiger partial charge on any atom is 0.219 e. The minimum absolute atomic E-state index is 0.0399. The molecule has 0 saturated carbocycles. The molecule has 0 aromatic carbocycles. The zero-order chi connectivity index (χ0) is 14.3. The molecule has 1 aromatic rings. The second kappa shape index (κ2) is 7.57. The minimum Gasteiger partial charge on any atom is -0.316 e. The van der Waals surface area contributed by atoms with E-state index in [4.69, 9.17) is 0 Å². The van der Waals surface area contributed by atoms with Crippen LogP contribution in [-0.2, 0) is 15.8 Å². The maximum absolute atomic E-state index is 12.4. The van der Waals surface area contributed by atoms with Gasteiger partial charge in [0.25, 0.3) is 0 Å². The van der Waals surface area contributed by atoms with Crippen LogP contribution in [0.3, 0.4) is 0 Å². The van der Waals surface area contributed by atoms with E-state index in [1.807, 2.05) is 20.9 Å². The van der Waals surface area contributed by atoms with Crippen LogP contribution in [0.2, 0.25) is 0 Å². The quantitative estimate of drug-likeness (QED) is 0.780. The van der Waals surface area contributed by atoms with E-state index in [0.29, 0.717) is 18.8 Å². The Kier molecular flexibility index (Phi) is 6.41. The van der Waals surface area contributed by atoms with Crippen molar-refractivity contribution in [3.05, 3.63) is 30.1 Å². The molecule has 1 N–H and O–H groups in total. The fraction of sp³-hybridized carbons (Fsp3) is 0.615. The largest absolute Gasteiger partial charge is 0.316 e. The van der Waals surface area contributed by atoms with E-state index in [-0.39, 0.29) is 11.8 Å². The van der Waals surface area contributed by atoms with E-state index in [9.17, 15) is 8.42 Å². The predicted octanol–water partition coefficient (Wildman–Crippen LogP) is 1.23. The summed E-state index contributed by atoms with van der Waals surface area (Å²) in [5, 5.41) is 3.13. The number of hydrogen-bond acceptors (Lipinski definition) is 4. The zero-order valence-corrected chi connectivity index (χ0v) is 12.7. The Morgan fingerprint density at radius 1 is 1.37 bits per heavy atom. The molecule has 0 bridgehead atoms. The molecule has 0 spiro atoms. The molecule has 0 radical (unpaired) electrons. The van der Waals surface area contributed by atoms with Gasteiger partial charge in [0.15, 0.2) is 0 Å². The smallest absolute Gasteiger partial charge is 0.219 e. The van der Waals surface area contributed by atoms with Gasteiger partial charge in [0, 0.05) is 25.3 Å². The van der Waals surface area contributed by atoms with Crippen molar-refractivity contribution >= 4 is 10.0 Å². The Balaban J connectivity index is 2.78. The van der Waals surface area contributed by atoms with Crippen LogP contribution in [0.4, 0.5) is 0 Å². The summed E-state index contributed by atoms with van der Waals surface area (Å²) < 4.78 is 26.2. The predicted molar refractivity (Wildman–Crippen MR) is 77.2 cm³/mol. The first-order valence-corrected chi connectivity index (χ1v) is 8.19. The second-order valence-electron chi connectivity index (χ2n) is 4.42. The van der Waals surface area contributed by atoms with E-state index in [0.717, 1.165) is 6.42 Å². The summed E-state index contributed by atoms with van der Waals surface area (Å²) in [6.45, 7) is 4.88. The lowest BCUT2D eigenvalue weighted by molar-refractivity contribution is 0.368. The third kappa shape index (κ3) is 4.89. The van der Waals surface area contributed by atoms with Gasteiger partial charge in [-0.2, -0.15) is 0 Å². The number of aromatic nitrogens is 1. The molecule has 0 unspecified atom stereocenters. The standard InChI is InChI=1S/C13H23N3O2S/c1-4-12(14-3)10-16(5-2)19(17,18)11-13-8-6-7-9-15-13/h6-9,12,14H,4-5,10-11H2,1-3H3/t12-/m0/s1. The van der Waals surface area contributed by atoms with E-state index in [1.165, 1.54) is 4.31 Å². The van der Waals surface area contributed by atoms with Crippen molar-refractivity contribution in [1.29, 1.82) is 0 Å². The third-order valence-electron chi connectivity index (χ3n) is 3.13. The van der Waals surface area contributed by atoms with Gasteiger partial charge in [0.05, 0.1) is 5.69 Å². The maximum atomic E-state index is 12.4. The van der Waals surface area contributed by atoms with Crippen LogP contribution < -0.4 is 5.32 Å². The van der Waals surface area contributed by atoms with Gasteiger partial charge in [-0.1, -0.05) is 19.9 Å². The van der Waals surface area contributed by atoms with E-state index < -0.39 is 10.0 Å². The molecule has 1 heterocycles. The number of pyridine rings is 1. The highest BCUT2D eigenvalue weighted by atomic mass is 32.2. The number of rotatable bonds is 8. The number of nitrogens with zero attached hydrogens (tertiary/aromatic N) is 2. The van der Waals surface area contributed by atoms with Gasteiger partial charge in [0.2, 0.25) is 10.0 Å². The lowest BCUT2D eigenvalue weighted by Gasteiger charge is -2.25. The average molecular weight is 285 g/mol. The highest BCUT2D eigenvalue weighted by Crippen LogP contribution is 2.10. The van der Waals surface area contributed by atoms with Crippen LogP contribution in [0.15, 0.2) is 24.4 Å². The monoisotopic (exact) mass is 285 g/mol. The topological polar surface area (TPSA) is 62.3 Å². The van der Waals surface area contributed by atoms with Crippen molar-refractivity contribution in [3.8, 4) is 0 Å². The first-order valence-electron chi connectivity index (χ1n) is 6.58. The Labute approximate surface area is 116 Å². The molecule has 0 aliphatic heterocycles. The second-order valence-corrected chi connectivity index (χ2v) is 6.39. The van der Waals surface area contributed by atoms with Crippen LogP contribution in [0.5, 0.6) is 0 Å². The molecular weight excluding hydrogens is 262 g/mol. The Morgan fingerprint density at radius 3 is 2.58 bits per heavy atom. The summed E-state index contributed by atoms with van der Waals surface area (Å²) in [5.41, 5.74) is 0.582. The summed E-state index contributed by atoms with van der Waals surface area (Å²) in [5.74, 6) is -0.0399. The van der Waals surface area contributed by atoms with Gasteiger partial charge < -0.3 is 5.32 Å². The van der Waals surface area contributed by atoms with Crippen molar-refractivity contribution in [2.75, 3.05) is 20.1 Å². The normalized spacial score (nSPS) is 13.7. The molecule has 1 aromatic heterocycles. The lowest BCUT2D eigenvalue weighted by Crippen LogP contribution is -2.42. The number of likely N-dealkylation sites (N-methyl/N-ethyl adjacent to an activating group) is 2. The summed E-state index contributed by atoms with van der Waals surface area (Å²) in [7, 11) is -1.46. The summed E-state index contributed by atoms with van der Waals surface area (Å²) in [6.07, 6.45) is 2.51. The van der Waals surface area contributed by atoms with Crippen molar-refractivity contribution in [2.24, 2.45) is 0 Å². The molecule has 0 aliphatic rings. The van der Waals surface area contributed by atoms with Crippen LogP contribution in [-0.4, -0.2) is 43.9 Å². The summed E-state index contributed by atoms with van der Waals surface area (Å²) >= 11 is 0. The fourth-order valence-corrected chi connectivity index (χ4v) is 3.40. The summed E-state index contributed by atoms with van der Waals surface area (Å²) in [4.78, 5) is 4.08. The number of sulfonamides is 1. The van der Waals surface area contributed by atoms with Gasteiger partial charge in [-0.3, -0.25) is 4.98 Å². The SMILES string of the molecule is CC[C@@H](CN(CC)S(=O)(=O)Cc1ccccn1)NC. The molecular formula is C13H23N3O2S. The molecule has 5 nitrogen and oxygen atoms in total. The van der Waals surface area contributed by atoms with Crippen LogP contribution >= 0.6 is 0 Å². The Bertz CT molecular complexity index is 458. The van der Waals surface area contributed by atoms with Crippen molar-refractivity contribution in [1.82, 2.24) is 14.6 Å². The molecule has 1 atom stereocenters. The molecule has 0 fully saturated rings. The van der Waals surface area contributed by atoms with Gasteiger partial charge in [-0.15, -0.1) is 0 Å². The van der Waals surface area contributed by atoms with E-state index in [1.54, 1.807) is 24.4 Å². The molecule has 0 amide bonds. The first kappa shape index (κ1) is 16.1. The van der Waals surface area contributed by atoms with Crippen LogP contribution in [0.25, 0.3) is 0 Å². The molecule has 108 valence electrons. The van der Waals surface area contributed by atoms with Crippen LogP contribution in [0, 0.1) is 0 Å². The van der Waals surface area contributed by atoms with Crippen molar-refractivity contribution in [3.63, 3.8) is 0 Å². The average Bonchev–Trinajstić information content (AvgIpc) is 2.40. The lowest BCUT2D eigenvalue weighted by atomic mass is 10.2. The van der Waals surface area contributed by atoms with Gasteiger partial charge >= 0.3 is 0 Å². The minimum atomic E-state index is -3.31. The Hall–Kier alpha value is -0.980. The molecule has 1 rings (SSSR count). The van der Waals surface area contributed by atoms with Gasteiger partial charge in [-0.25, -0.2) is 12.7 Å². The summed E-state index contributed by atoms with van der Waals surface area (Å²) in [6, 6.07) is 5.50. The number of nitrogens with one attached hydrogen (secondary N) is 1. The molecule has 0 aliphatic carbocycles. The van der Waals surface area contributed by atoms with Crippen LogP contribution in [0.1, 0.15) is 26.0 Å². The third-order valence-corrected chi connectivity index (χ3v) is 4.98. The molecule has 19 heavy (non-hydrogen) atoms.